The molecule has 5 rings (SSSR count). The minimum Gasteiger partial charge on any atom is -0.492 e. The van der Waals surface area contributed by atoms with Crippen molar-refractivity contribution in [2.75, 3.05) is 19.0 Å². The van der Waals surface area contributed by atoms with Gasteiger partial charge in [0.1, 0.15) is 16.7 Å². The Morgan fingerprint density at radius 1 is 1.33 bits per heavy atom. The number of thiophene rings is 1. The summed E-state index contributed by atoms with van der Waals surface area (Å²) in [5.41, 5.74) is 2.30. The number of furan rings is 1. The number of hydrogen-bond donors (Lipinski definition) is 1. The molecule has 0 fully saturated rings. The van der Waals surface area contributed by atoms with Crippen molar-refractivity contribution >= 4 is 39.1 Å². The molecule has 0 bridgehead atoms. The number of anilines is 1. The Balaban J connectivity index is 1.42. The highest BCUT2D eigenvalue weighted by atomic mass is 32.1. The first kappa shape index (κ1) is 20.8. The molecule has 4 heterocycles. The molecular weight excluding hydrogens is 442 g/mol. The van der Waals surface area contributed by atoms with Crippen LogP contribution in [0, 0.1) is 11.3 Å². The maximum atomic E-state index is 13.3. The number of carbonyl (C=O) groups is 2. The fourth-order valence-corrected chi connectivity index (χ4v) is 5.21. The van der Waals surface area contributed by atoms with Gasteiger partial charge in [-0.1, -0.05) is 12.1 Å². The van der Waals surface area contributed by atoms with Crippen LogP contribution in [0.15, 0.2) is 41.1 Å². The van der Waals surface area contributed by atoms with E-state index in [-0.39, 0.29) is 17.6 Å². The van der Waals surface area contributed by atoms with Gasteiger partial charge in [-0.15, -0.1) is 11.3 Å². The fourth-order valence-electron chi connectivity index (χ4n) is 4.01. The number of para-hydroxylation sites is 1. The number of methoxy groups -OCH3 is 1. The van der Waals surface area contributed by atoms with Crippen LogP contribution in [0.4, 0.5) is 5.00 Å². The molecule has 1 N–H and O–H groups in total. The Morgan fingerprint density at radius 3 is 2.88 bits per heavy atom. The van der Waals surface area contributed by atoms with Gasteiger partial charge in [-0.25, -0.2) is 0 Å². The fraction of sp³-hybridized carbons (Fsp3) is 0.217. The minimum atomic E-state index is -0.335. The summed E-state index contributed by atoms with van der Waals surface area (Å²) in [5, 5.41) is 17.8. The lowest BCUT2D eigenvalue weighted by Gasteiger charge is -2.26. The zero-order valence-electron chi connectivity index (χ0n) is 17.9. The van der Waals surface area contributed by atoms with E-state index < -0.39 is 0 Å². The molecule has 4 aromatic rings. The van der Waals surface area contributed by atoms with Crippen molar-refractivity contribution in [2.45, 2.75) is 13.0 Å². The van der Waals surface area contributed by atoms with Crippen molar-refractivity contribution in [3.05, 3.63) is 64.0 Å². The van der Waals surface area contributed by atoms with E-state index in [1.54, 1.807) is 24.2 Å². The summed E-state index contributed by atoms with van der Waals surface area (Å²) in [6.07, 6.45) is 3.58. The second kappa shape index (κ2) is 8.11. The first-order chi connectivity index (χ1) is 16.0. The predicted octanol–water partition coefficient (Wildman–Crippen LogP) is 3.56. The van der Waals surface area contributed by atoms with E-state index in [0.717, 1.165) is 15.8 Å². The van der Waals surface area contributed by atoms with Gasteiger partial charge in [-0.2, -0.15) is 10.4 Å². The van der Waals surface area contributed by atoms with Crippen molar-refractivity contribution < 1.29 is 18.7 Å². The highest BCUT2D eigenvalue weighted by Crippen LogP contribution is 2.39. The first-order valence-electron chi connectivity index (χ1n) is 10.2. The lowest BCUT2D eigenvalue weighted by Crippen LogP contribution is -2.35. The standard InChI is InChI=1S/C23H19N5O4S/c1-27-11-13(10-25-27)21(29)26-22-16(9-24)14-7-8-28(12-18(14)33-22)23(30)20-19(31-2)15-5-3-4-6-17(15)32-20/h3-6,10-11H,7-8,12H2,1-2H3,(H,26,29). The molecule has 9 nitrogen and oxygen atoms in total. The topological polar surface area (TPSA) is 113 Å². The van der Waals surface area contributed by atoms with E-state index in [2.05, 4.69) is 16.5 Å². The van der Waals surface area contributed by atoms with Crippen LogP contribution in [-0.2, 0) is 20.0 Å². The average molecular weight is 462 g/mol. The number of hydrogen-bond acceptors (Lipinski definition) is 7. The van der Waals surface area contributed by atoms with Crippen molar-refractivity contribution in [1.29, 1.82) is 5.26 Å². The van der Waals surface area contributed by atoms with Crippen LogP contribution in [0.1, 0.15) is 36.9 Å². The molecule has 10 heteroatoms. The van der Waals surface area contributed by atoms with Crippen molar-refractivity contribution in [1.82, 2.24) is 14.7 Å². The number of aromatic nitrogens is 2. The zero-order valence-corrected chi connectivity index (χ0v) is 18.7. The molecule has 3 aromatic heterocycles. The van der Waals surface area contributed by atoms with Crippen LogP contribution in [-0.4, -0.2) is 40.1 Å². The highest BCUT2D eigenvalue weighted by molar-refractivity contribution is 7.16. The normalized spacial score (nSPS) is 12.9. The largest absolute Gasteiger partial charge is 0.492 e. The van der Waals surface area contributed by atoms with Crippen LogP contribution >= 0.6 is 11.3 Å². The maximum Gasteiger partial charge on any atom is 0.293 e. The summed E-state index contributed by atoms with van der Waals surface area (Å²) in [7, 11) is 3.24. The second-order valence-corrected chi connectivity index (χ2v) is 8.72. The molecular formula is C23H19N5O4S. The third kappa shape index (κ3) is 3.52. The van der Waals surface area contributed by atoms with Crippen molar-refractivity contribution in [3.8, 4) is 11.8 Å². The molecule has 33 heavy (non-hydrogen) atoms. The number of benzene rings is 1. The molecule has 0 aliphatic carbocycles. The van der Waals surface area contributed by atoms with E-state index >= 15 is 0 Å². The highest BCUT2D eigenvalue weighted by Gasteiger charge is 2.32. The minimum absolute atomic E-state index is 0.157. The molecule has 0 saturated heterocycles. The molecule has 1 aliphatic rings. The van der Waals surface area contributed by atoms with E-state index in [4.69, 9.17) is 9.15 Å². The molecule has 0 spiro atoms. The number of ether oxygens (including phenoxy) is 1. The Morgan fingerprint density at radius 2 is 2.15 bits per heavy atom. The van der Waals surface area contributed by atoms with E-state index in [0.29, 0.717) is 47.0 Å². The Kier molecular flexibility index (Phi) is 5.11. The van der Waals surface area contributed by atoms with Crippen LogP contribution in [0.2, 0.25) is 0 Å². The van der Waals surface area contributed by atoms with Gasteiger partial charge in [0.25, 0.3) is 11.8 Å². The number of aryl methyl sites for hydroxylation is 1. The molecule has 0 atom stereocenters. The van der Waals surface area contributed by atoms with E-state index in [1.165, 1.54) is 29.3 Å². The maximum absolute atomic E-state index is 13.3. The Hall–Kier alpha value is -4.10. The summed E-state index contributed by atoms with van der Waals surface area (Å²) in [6.45, 7) is 0.740. The van der Waals surface area contributed by atoms with Gasteiger partial charge in [0.15, 0.2) is 5.75 Å². The molecule has 1 aromatic carbocycles. The number of nitrogens with zero attached hydrogens (tertiary/aromatic N) is 4. The van der Waals surface area contributed by atoms with Crippen LogP contribution in [0.3, 0.4) is 0 Å². The second-order valence-electron chi connectivity index (χ2n) is 7.61. The van der Waals surface area contributed by atoms with Gasteiger partial charge in [0, 0.05) is 24.7 Å². The average Bonchev–Trinajstić information content (AvgIpc) is 3.52. The third-order valence-electron chi connectivity index (χ3n) is 5.60. The van der Waals surface area contributed by atoms with Gasteiger partial charge in [0.05, 0.1) is 36.4 Å². The van der Waals surface area contributed by atoms with Gasteiger partial charge < -0.3 is 19.4 Å². The zero-order chi connectivity index (χ0) is 23.1. The van der Waals surface area contributed by atoms with Gasteiger partial charge in [-0.05, 0) is 24.1 Å². The summed E-state index contributed by atoms with van der Waals surface area (Å²) in [5.74, 6) is -0.0428. The van der Waals surface area contributed by atoms with Crippen LogP contribution in [0.25, 0.3) is 11.0 Å². The van der Waals surface area contributed by atoms with Crippen LogP contribution in [0.5, 0.6) is 5.75 Å². The number of nitrogens with one attached hydrogen (secondary N) is 1. The Bertz CT molecular complexity index is 1440. The number of carbonyl (C=O) groups excluding carboxylic acids is 2. The number of rotatable bonds is 4. The molecule has 0 radical (unpaired) electrons. The number of amides is 2. The quantitative estimate of drug-likeness (QED) is 0.497. The SMILES string of the molecule is COc1c(C(=O)N2CCc3c(sc(NC(=O)c4cnn(C)c4)c3C#N)C2)oc2ccccc12. The van der Waals surface area contributed by atoms with Crippen molar-refractivity contribution in [2.24, 2.45) is 7.05 Å². The lowest BCUT2D eigenvalue weighted by molar-refractivity contribution is 0.0702. The molecule has 2 amide bonds. The van der Waals surface area contributed by atoms with Crippen molar-refractivity contribution in [3.63, 3.8) is 0 Å². The van der Waals surface area contributed by atoms with Gasteiger partial charge in [0.2, 0.25) is 5.76 Å². The van der Waals surface area contributed by atoms with E-state index in [9.17, 15) is 14.9 Å². The third-order valence-corrected chi connectivity index (χ3v) is 6.73. The number of nitriles is 1. The Labute approximate surface area is 192 Å². The van der Waals surface area contributed by atoms with Crippen LogP contribution < -0.4 is 10.1 Å². The van der Waals surface area contributed by atoms with Gasteiger partial charge >= 0.3 is 0 Å². The summed E-state index contributed by atoms with van der Waals surface area (Å²) in [4.78, 5) is 28.4. The molecule has 166 valence electrons. The summed E-state index contributed by atoms with van der Waals surface area (Å²) < 4.78 is 12.8. The monoisotopic (exact) mass is 461 g/mol. The lowest BCUT2D eigenvalue weighted by atomic mass is 10.0. The number of fused-ring (bicyclic) bond motifs is 2. The molecule has 0 saturated carbocycles. The van der Waals surface area contributed by atoms with E-state index in [1.807, 2.05) is 18.2 Å². The molecule has 1 aliphatic heterocycles. The predicted molar refractivity (Wildman–Crippen MR) is 121 cm³/mol. The van der Waals surface area contributed by atoms with Gasteiger partial charge in [-0.3, -0.25) is 14.3 Å². The smallest absolute Gasteiger partial charge is 0.293 e. The molecule has 0 unspecified atom stereocenters. The first-order valence-corrected chi connectivity index (χ1v) is 11.0. The summed E-state index contributed by atoms with van der Waals surface area (Å²) >= 11 is 1.31. The summed E-state index contributed by atoms with van der Waals surface area (Å²) in [6, 6.07) is 9.54.